The summed E-state index contributed by atoms with van der Waals surface area (Å²) >= 11 is 0. The van der Waals surface area contributed by atoms with Crippen molar-refractivity contribution < 1.29 is 13.2 Å². The summed E-state index contributed by atoms with van der Waals surface area (Å²) in [7, 11) is -2.39. The molecule has 0 heterocycles. The van der Waals surface area contributed by atoms with Crippen LogP contribution in [0.4, 0.5) is 0 Å². The van der Waals surface area contributed by atoms with Gasteiger partial charge in [-0.05, 0) is 31.5 Å². The molecular formula is C13H16N2O3S. The second kappa shape index (κ2) is 5.85. The molecule has 1 amide bonds. The molecule has 0 unspecified atom stereocenters. The van der Waals surface area contributed by atoms with Crippen molar-refractivity contribution in [3.05, 3.63) is 35.4 Å². The van der Waals surface area contributed by atoms with Crippen molar-refractivity contribution in [3.8, 4) is 6.07 Å². The summed E-state index contributed by atoms with van der Waals surface area (Å²) < 4.78 is 24.6. The van der Waals surface area contributed by atoms with E-state index < -0.39 is 21.2 Å². The van der Waals surface area contributed by atoms with E-state index in [1.54, 1.807) is 12.1 Å². The number of amides is 1. The SMILES string of the molecule is CC(C)S(=O)(=O)N(C)C(=O)c1cccc(CC#N)c1. The molecule has 0 aliphatic carbocycles. The number of nitrogens with zero attached hydrogens (tertiary/aromatic N) is 2. The third kappa shape index (κ3) is 3.32. The van der Waals surface area contributed by atoms with E-state index in [2.05, 4.69) is 0 Å². The fourth-order valence-corrected chi connectivity index (χ4v) is 2.49. The Morgan fingerprint density at radius 2 is 2.05 bits per heavy atom. The highest BCUT2D eigenvalue weighted by atomic mass is 32.2. The van der Waals surface area contributed by atoms with Gasteiger partial charge < -0.3 is 0 Å². The second-order valence-corrected chi connectivity index (χ2v) is 6.92. The Bertz CT molecular complexity index is 615. The van der Waals surface area contributed by atoms with Gasteiger partial charge in [-0.1, -0.05) is 12.1 Å². The van der Waals surface area contributed by atoms with E-state index in [1.165, 1.54) is 33.0 Å². The summed E-state index contributed by atoms with van der Waals surface area (Å²) in [6.45, 7) is 3.04. The summed E-state index contributed by atoms with van der Waals surface area (Å²) in [5, 5.41) is 7.96. The predicted octanol–water partition coefficient (Wildman–Crippen LogP) is 1.56. The van der Waals surface area contributed by atoms with E-state index in [9.17, 15) is 13.2 Å². The van der Waals surface area contributed by atoms with Gasteiger partial charge in [0, 0.05) is 12.6 Å². The lowest BCUT2D eigenvalue weighted by Crippen LogP contribution is -2.37. The molecule has 0 saturated carbocycles. The van der Waals surface area contributed by atoms with Crippen LogP contribution in [0, 0.1) is 11.3 Å². The lowest BCUT2D eigenvalue weighted by Gasteiger charge is -2.20. The molecular weight excluding hydrogens is 264 g/mol. The number of carbonyl (C=O) groups is 1. The monoisotopic (exact) mass is 280 g/mol. The van der Waals surface area contributed by atoms with Crippen molar-refractivity contribution in [2.24, 2.45) is 0 Å². The molecule has 0 N–H and O–H groups in total. The molecule has 0 atom stereocenters. The lowest BCUT2D eigenvalue weighted by atomic mass is 10.1. The zero-order valence-corrected chi connectivity index (χ0v) is 11.9. The molecule has 0 saturated heterocycles. The first kappa shape index (κ1) is 15.2. The number of carbonyl (C=O) groups excluding carboxylic acids is 1. The zero-order valence-electron chi connectivity index (χ0n) is 11.1. The maximum atomic E-state index is 12.1. The minimum Gasteiger partial charge on any atom is -0.268 e. The Balaban J connectivity index is 3.08. The van der Waals surface area contributed by atoms with Crippen LogP contribution in [0.1, 0.15) is 29.8 Å². The number of hydrogen-bond donors (Lipinski definition) is 0. The van der Waals surface area contributed by atoms with Gasteiger partial charge in [-0.25, -0.2) is 12.7 Å². The van der Waals surface area contributed by atoms with Crippen LogP contribution in [0.3, 0.4) is 0 Å². The standard InChI is InChI=1S/C13H16N2O3S/c1-10(2)19(17,18)15(3)13(16)12-6-4-5-11(9-12)7-8-14/h4-6,9-10H,7H2,1-3H3. The maximum Gasteiger partial charge on any atom is 0.267 e. The van der Waals surface area contributed by atoms with Crippen LogP contribution in [0.25, 0.3) is 0 Å². The molecule has 0 radical (unpaired) electrons. The first-order valence-electron chi connectivity index (χ1n) is 5.78. The Kier molecular flexibility index (Phi) is 4.67. The number of hydrogen-bond acceptors (Lipinski definition) is 4. The fraction of sp³-hybridized carbons (Fsp3) is 0.385. The highest BCUT2D eigenvalue weighted by molar-refractivity contribution is 7.90. The average Bonchev–Trinajstić information content (AvgIpc) is 2.37. The van der Waals surface area contributed by atoms with Crippen molar-refractivity contribution in [2.45, 2.75) is 25.5 Å². The molecule has 0 bridgehead atoms. The van der Waals surface area contributed by atoms with Crippen molar-refractivity contribution in [3.63, 3.8) is 0 Å². The van der Waals surface area contributed by atoms with Crippen molar-refractivity contribution in [1.29, 1.82) is 5.26 Å². The van der Waals surface area contributed by atoms with E-state index in [4.69, 9.17) is 5.26 Å². The minimum absolute atomic E-state index is 0.182. The largest absolute Gasteiger partial charge is 0.268 e. The van der Waals surface area contributed by atoms with Crippen molar-refractivity contribution in [2.75, 3.05) is 7.05 Å². The molecule has 19 heavy (non-hydrogen) atoms. The molecule has 1 rings (SSSR count). The molecule has 1 aromatic carbocycles. The van der Waals surface area contributed by atoms with E-state index in [0.717, 1.165) is 4.31 Å². The Morgan fingerprint density at radius 1 is 1.42 bits per heavy atom. The Morgan fingerprint density at radius 3 is 2.58 bits per heavy atom. The van der Waals surface area contributed by atoms with Gasteiger partial charge in [0.2, 0.25) is 10.0 Å². The van der Waals surface area contributed by atoms with Crippen LogP contribution in [-0.2, 0) is 16.4 Å². The quantitative estimate of drug-likeness (QED) is 0.838. The van der Waals surface area contributed by atoms with E-state index >= 15 is 0 Å². The summed E-state index contributed by atoms with van der Waals surface area (Å²) in [6, 6.07) is 8.42. The van der Waals surface area contributed by atoms with Gasteiger partial charge >= 0.3 is 0 Å². The minimum atomic E-state index is -3.63. The van der Waals surface area contributed by atoms with Gasteiger partial charge in [-0.15, -0.1) is 0 Å². The summed E-state index contributed by atoms with van der Waals surface area (Å²) in [6.07, 6.45) is 0.182. The van der Waals surface area contributed by atoms with Gasteiger partial charge in [-0.3, -0.25) is 4.79 Å². The molecule has 0 aromatic heterocycles. The Hall–Kier alpha value is -1.87. The number of sulfonamides is 1. The van der Waals surface area contributed by atoms with Crippen LogP contribution in [0.15, 0.2) is 24.3 Å². The first-order valence-corrected chi connectivity index (χ1v) is 7.29. The van der Waals surface area contributed by atoms with Crippen LogP contribution in [0.5, 0.6) is 0 Å². The van der Waals surface area contributed by atoms with E-state index in [1.807, 2.05) is 6.07 Å². The molecule has 6 heteroatoms. The molecule has 5 nitrogen and oxygen atoms in total. The molecule has 102 valence electrons. The smallest absolute Gasteiger partial charge is 0.267 e. The average molecular weight is 280 g/mol. The van der Waals surface area contributed by atoms with Crippen molar-refractivity contribution >= 4 is 15.9 Å². The molecule has 0 spiro atoms. The number of benzene rings is 1. The Labute approximate surface area is 113 Å². The maximum absolute atomic E-state index is 12.1. The van der Waals surface area contributed by atoms with E-state index in [0.29, 0.717) is 5.56 Å². The highest BCUT2D eigenvalue weighted by Gasteiger charge is 2.27. The second-order valence-electron chi connectivity index (χ2n) is 4.40. The summed E-state index contributed by atoms with van der Waals surface area (Å²) in [5.41, 5.74) is 0.947. The summed E-state index contributed by atoms with van der Waals surface area (Å²) in [5.74, 6) is -0.589. The lowest BCUT2D eigenvalue weighted by molar-refractivity contribution is 0.0882. The van der Waals surface area contributed by atoms with Crippen LogP contribution in [0.2, 0.25) is 0 Å². The summed E-state index contributed by atoms with van der Waals surface area (Å²) in [4.78, 5) is 12.1. The number of rotatable bonds is 4. The number of nitriles is 1. The molecule has 0 aliphatic heterocycles. The molecule has 0 fully saturated rings. The van der Waals surface area contributed by atoms with Gasteiger partial charge in [0.25, 0.3) is 5.91 Å². The van der Waals surface area contributed by atoms with Crippen molar-refractivity contribution in [1.82, 2.24) is 4.31 Å². The fourth-order valence-electron chi connectivity index (χ4n) is 1.52. The van der Waals surface area contributed by atoms with Gasteiger partial charge in [0.05, 0.1) is 17.7 Å². The third-order valence-electron chi connectivity index (χ3n) is 2.72. The van der Waals surface area contributed by atoms with Crippen LogP contribution >= 0.6 is 0 Å². The van der Waals surface area contributed by atoms with Gasteiger partial charge in [-0.2, -0.15) is 5.26 Å². The van der Waals surface area contributed by atoms with E-state index in [-0.39, 0.29) is 12.0 Å². The highest BCUT2D eigenvalue weighted by Crippen LogP contribution is 2.13. The molecule has 1 aromatic rings. The van der Waals surface area contributed by atoms with Gasteiger partial charge in [0.1, 0.15) is 0 Å². The molecule has 0 aliphatic rings. The topological polar surface area (TPSA) is 78.2 Å². The first-order chi connectivity index (χ1) is 8.80. The third-order valence-corrected chi connectivity index (χ3v) is 4.84. The van der Waals surface area contributed by atoms with Crippen LogP contribution < -0.4 is 0 Å². The van der Waals surface area contributed by atoms with Crippen LogP contribution in [-0.4, -0.2) is 30.9 Å². The van der Waals surface area contributed by atoms with Gasteiger partial charge in [0.15, 0.2) is 0 Å². The zero-order chi connectivity index (χ0) is 14.6. The predicted molar refractivity (Wildman–Crippen MR) is 71.9 cm³/mol. The normalized spacial score (nSPS) is 11.1.